The third-order valence-electron chi connectivity index (χ3n) is 5.12. The second kappa shape index (κ2) is 3.83. The van der Waals surface area contributed by atoms with Gasteiger partial charge in [-0.1, -0.05) is 22.0 Å². The topological polar surface area (TPSA) is 29.1 Å². The summed E-state index contributed by atoms with van der Waals surface area (Å²) in [6.45, 7) is 0. The Bertz CT molecular complexity index is 499. The molecule has 4 atom stereocenters. The number of amides is 1. The molecule has 0 heterocycles. The van der Waals surface area contributed by atoms with Crippen LogP contribution < -0.4 is 5.32 Å². The third-order valence-corrected chi connectivity index (χ3v) is 5.61. The van der Waals surface area contributed by atoms with E-state index in [0.717, 1.165) is 33.7 Å². The molecule has 94 valence electrons. The van der Waals surface area contributed by atoms with E-state index >= 15 is 0 Å². The first-order valence-corrected chi connectivity index (χ1v) is 7.60. The summed E-state index contributed by atoms with van der Waals surface area (Å²) in [7, 11) is 0. The summed E-state index contributed by atoms with van der Waals surface area (Å²) < 4.78 is 0.964. The van der Waals surface area contributed by atoms with Gasteiger partial charge in [0.25, 0.3) is 5.91 Å². The minimum absolute atomic E-state index is 0.0927. The van der Waals surface area contributed by atoms with Crippen molar-refractivity contribution in [3.8, 4) is 0 Å². The smallest absolute Gasteiger partial charge is 0.251 e. The summed E-state index contributed by atoms with van der Waals surface area (Å²) in [5.41, 5.74) is 0.765. The standard InChI is InChI=1S/C15H16BrNO/c16-11-3-1-2-10(7-11)15(18)17-14-12-8-4-5-9(6-8)13(12)14/h1-3,7-9,12-14H,4-6H2,(H,17,18). The number of carbonyl (C=O) groups excluding carboxylic acids is 1. The Balaban J connectivity index is 1.46. The molecule has 2 bridgehead atoms. The van der Waals surface area contributed by atoms with E-state index in [1.165, 1.54) is 19.3 Å². The van der Waals surface area contributed by atoms with Crippen molar-refractivity contribution in [3.63, 3.8) is 0 Å². The van der Waals surface area contributed by atoms with Gasteiger partial charge in [-0.25, -0.2) is 0 Å². The highest BCUT2D eigenvalue weighted by molar-refractivity contribution is 9.10. The number of fused-ring (bicyclic) bond motifs is 5. The van der Waals surface area contributed by atoms with Gasteiger partial charge in [-0.2, -0.15) is 0 Å². The fraction of sp³-hybridized carbons (Fsp3) is 0.533. The molecule has 4 rings (SSSR count). The number of hydrogen-bond acceptors (Lipinski definition) is 1. The highest BCUT2D eigenvalue weighted by Crippen LogP contribution is 2.65. The minimum Gasteiger partial charge on any atom is -0.349 e. The zero-order valence-electron chi connectivity index (χ0n) is 10.1. The van der Waals surface area contributed by atoms with Crippen LogP contribution in [0.1, 0.15) is 29.6 Å². The minimum atomic E-state index is 0.0927. The summed E-state index contributed by atoms with van der Waals surface area (Å²) in [4.78, 5) is 12.2. The second-order valence-electron chi connectivity index (χ2n) is 6.00. The maximum atomic E-state index is 12.2. The molecule has 1 amide bonds. The van der Waals surface area contributed by atoms with E-state index in [1.807, 2.05) is 24.3 Å². The summed E-state index contributed by atoms with van der Waals surface area (Å²) in [6.07, 6.45) is 4.22. The van der Waals surface area contributed by atoms with Gasteiger partial charge >= 0.3 is 0 Å². The van der Waals surface area contributed by atoms with E-state index in [4.69, 9.17) is 0 Å². The van der Waals surface area contributed by atoms with Gasteiger partial charge < -0.3 is 5.32 Å². The third kappa shape index (κ3) is 1.56. The Hall–Kier alpha value is -0.830. The molecule has 4 unspecified atom stereocenters. The quantitative estimate of drug-likeness (QED) is 0.893. The maximum Gasteiger partial charge on any atom is 0.251 e. The molecule has 2 nitrogen and oxygen atoms in total. The van der Waals surface area contributed by atoms with Gasteiger partial charge in [-0.3, -0.25) is 4.79 Å². The zero-order valence-corrected chi connectivity index (χ0v) is 11.7. The van der Waals surface area contributed by atoms with Crippen LogP contribution in [0.25, 0.3) is 0 Å². The molecular weight excluding hydrogens is 290 g/mol. The van der Waals surface area contributed by atoms with Crippen LogP contribution in [-0.2, 0) is 0 Å². The summed E-state index contributed by atoms with van der Waals surface area (Å²) in [5, 5.41) is 3.24. The van der Waals surface area contributed by atoms with Crippen LogP contribution in [0.3, 0.4) is 0 Å². The molecule has 1 aromatic carbocycles. The predicted molar refractivity (Wildman–Crippen MR) is 73.2 cm³/mol. The van der Waals surface area contributed by atoms with Crippen molar-refractivity contribution in [2.75, 3.05) is 0 Å². The number of benzene rings is 1. The van der Waals surface area contributed by atoms with Gasteiger partial charge in [0.1, 0.15) is 0 Å². The van der Waals surface area contributed by atoms with Crippen molar-refractivity contribution in [3.05, 3.63) is 34.3 Å². The zero-order chi connectivity index (χ0) is 12.3. The highest BCUT2D eigenvalue weighted by atomic mass is 79.9. The van der Waals surface area contributed by atoms with Gasteiger partial charge in [0.2, 0.25) is 0 Å². The largest absolute Gasteiger partial charge is 0.349 e. The molecular formula is C15H16BrNO. The van der Waals surface area contributed by atoms with Crippen LogP contribution in [-0.4, -0.2) is 11.9 Å². The van der Waals surface area contributed by atoms with Crippen LogP contribution in [0.5, 0.6) is 0 Å². The SMILES string of the molecule is O=C(NC1C2C3CCC(C3)C12)c1cccc(Br)c1. The maximum absolute atomic E-state index is 12.2. The number of carbonyl (C=O) groups is 1. The van der Waals surface area contributed by atoms with Crippen LogP contribution in [0, 0.1) is 23.7 Å². The van der Waals surface area contributed by atoms with Crippen LogP contribution in [0.2, 0.25) is 0 Å². The number of rotatable bonds is 2. The Morgan fingerprint density at radius 3 is 2.61 bits per heavy atom. The van der Waals surface area contributed by atoms with Crippen molar-refractivity contribution >= 4 is 21.8 Å². The van der Waals surface area contributed by atoms with E-state index in [0.29, 0.717) is 6.04 Å². The van der Waals surface area contributed by atoms with E-state index in [1.54, 1.807) is 0 Å². The summed E-state index contributed by atoms with van der Waals surface area (Å²) in [6, 6.07) is 8.11. The number of nitrogens with one attached hydrogen (secondary N) is 1. The van der Waals surface area contributed by atoms with E-state index < -0.39 is 0 Å². The molecule has 3 aliphatic carbocycles. The molecule has 3 saturated carbocycles. The molecule has 1 N–H and O–H groups in total. The Morgan fingerprint density at radius 1 is 1.22 bits per heavy atom. The molecule has 3 heteroatoms. The Morgan fingerprint density at radius 2 is 1.94 bits per heavy atom. The van der Waals surface area contributed by atoms with Gasteiger partial charge in [0.05, 0.1) is 0 Å². The van der Waals surface area contributed by atoms with Gasteiger partial charge in [0, 0.05) is 16.1 Å². The van der Waals surface area contributed by atoms with Gasteiger partial charge in [-0.15, -0.1) is 0 Å². The average molecular weight is 306 g/mol. The molecule has 18 heavy (non-hydrogen) atoms. The first kappa shape index (κ1) is 11.0. The highest BCUT2D eigenvalue weighted by Gasteiger charge is 2.65. The molecule has 0 aliphatic heterocycles. The summed E-state index contributed by atoms with van der Waals surface area (Å²) in [5.74, 6) is 3.52. The first-order valence-electron chi connectivity index (χ1n) is 6.80. The van der Waals surface area contributed by atoms with Crippen LogP contribution >= 0.6 is 15.9 Å². The molecule has 3 aliphatic rings. The lowest BCUT2D eigenvalue weighted by molar-refractivity contribution is 0.0944. The van der Waals surface area contributed by atoms with Crippen molar-refractivity contribution in [1.29, 1.82) is 0 Å². The summed E-state index contributed by atoms with van der Waals surface area (Å²) >= 11 is 3.41. The molecule has 0 radical (unpaired) electrons. The molecule has 1 aromatic rings. The van der Waals surface area contributed by atoms with E-state index in [-0.39, 0.29) is 5.91 Å². The first-order chi connectivity index (χ1) is 8.74. The van der Waals surface area contributed by atoms with Crippen LogP contribution in [0.4, 0.5) is 0 Å². The van der Waals surface area contributed by atoms with E-state index in [9.17, 15) is 4.79 Å². The van der Waals surface area contributed by atoms with Crippen molar-refractivity contribution < 1.29 is 4.79 Å². The van der Waals surface area contributed by atoms with Crippen molar-refractivity contribution in [1.82, 2.24) is 5.32 Å². The Kier molecular flexibility index (Phi) is 2.35. The lowest BCUT2D eigenvalue weighted by Crippen LogP contribution is -2.29. The second-order valence-corrected chi connectivity index (χ2v) is 6.91. The van der Waals surface area contributed by atoms with Gasteiger partial charge in [0.15, 0.2) is 0 Å². The normalized spacial score (nSPS) is 39.5. The van der Waals surface area contributed by atoms with Crippen molar-refractivity contribution in [2.45, 2.75) is 25.3 Å². The Labute approximate surface area is 115 Å². The fourth-order valence-corrected chi connectivity index (χ4v) is 4.78. The van der Waals surface area contributed by atoms with Crippen molar-refractivity contribution in [2.24, 2.45) is 23.7 Å². The number of hydrogen-bond donors (Lipinski definition) is 1. The monoisotopic (exact) mass is 305 g/mol. The molecule has 0 spiro atoms. The van der Waals surface area contributed by atoms with Gasteiger partial charge in [-0.05, 0) is 61.1 Å². The fourth-order valence-electron chi connectivity index (χ4n) is 4.38. The predicted octanol–water partition coefficient (Wildman–Crippen LogP) is 3.22. The lowest BCUT2D eigenvalue weighted by Gasteiger charge is -2.10. The lowest BCUT2D eigenvalue weighted by atomic mass is 10.0. The molecule has 0 saturated heterocycles. The number of halogens is 1. The average Bonchev–Trinajstić information content (AvgIpc) is 2.77. The molecule has 3 fully saturated rings. The molecule has 0 aromatic heterocycles. The van der Waals surface area contributed by atoms with Crippen LogP contribution in [0.15, 0.2) is 28.7 Å². The van der Waals surface area contributed by atoms with E-state index in [2.05, 4.69) is 21.2 Å².